The molecule has 0 bridgehead atoms. The Balaban J connectivity index is 0.000000599. The molecule has 6 nitrogen and oxygen atoms in total. The second-order valence-electron chi connectivity index (χ2n) is 7.98. The largest absolute Gasteiger partial charge is 0.384 e. The number of halogens is 3. The summed E-state index contributed by atoms with van der Waals surface area (Å²) in [5.74, 6) is 1.34. The normalized spacial score (nSPS) is 11.8. The van der Waals surface area contributed by atoms with E-state index in [1.54, 1.807) is 13.0 Å². The lowest BCUT2D eigenvalue weighted by Crippen LogP contribution is -2.07. The molecule has 33 heavy (non-hydrogen) atoms. The van der Waals surface area contributed by atoms with E-state index in [-0.39, 0.29) is 6.15 Å². The minimum atomic E-state index is -0.862. The standard InChI is InChI=1S/C15H19FN2.C9H13FN2.ClHO.H3N/c1-10-7-14(9-11(2)16)17-15(8-10)18-12(3)5-6-13(18)4;1-6-3-8(5-7(2)10)12-9(11)4-6;1-2;/h5-8,11H,9H2,1-4H3;3-4,7H,5H2,1-2H3,(H2,11,12);2H;1H3. The Hall–Kier alpha value is -2.55. The summed E-state index contributed by atoms with van der Waals surface area (Å²) in [5, 5.41) is 0. The van der Waals surface area contributed by atoms with Crippen LogP contribution in [0.1, 0.15) is 47.8 Å². The first kappa shape index (κ1) is 30.4. The number of aromatic nitrogens is 3. The fraction of sp³-hybridized carbons (Fsp3) is 0.417. The summed E-state index contributed by atoms with van der Waals surface area (Å²) in [6.07, 6.45) is -1.02. The Bertz CT molecular complexity index is 953. The second kappa shape index (κ2) is 14.6. The van der Waals surface area contributed by atoms with Crippen LogP contribution >= 0.6 is 11.9 Å². The van der Waals surface area contributed by atoms with E-state index in [2.05, 4.69) is 52.4 Å². The van der Waals surface area contributed by atoms with Gasteiger partial charge in [-0.25, -0.2) is 18.7 Å². The van der Waals surface area contributed by atoms with E-state index in [4.69, 9.17) is 10.4 Å². The molecule has 3 aromatic rings. The van der Waals surface area contributed by atoms with Gasteiger partial charge < -0.3 is 16.5 Å². The first-order valence-electron chi connectivity index (χ1n) is 10.4. The summed E-state index contributed by atoms with van der Waals surface area (Å²) in [6, 6.07) is 11.7. The predicted molar refractivity (Wildman–Crippen MR) is 133 cm³/mol. The van der Waals surface area contributed by atoms with Crippen molar-refractivity contribution >= 4 is 17.7 Å². The van der Waals surface area contributed by atoms with Gasteiger partial charge in [-0.15, -0.1) is 0 Å². The molecule has 2 unspecified atom stereocenters. The number of nitrogen functional groups attached to an aromatic ring is 1. The summed E-state index contributed by atoms with van der Waals surface area (Å²) < 4.78 is 34.2. The van der Waals surface area contributed by atoms with Crippen LogP contribution in [0.5, 0.6) is 0 Å². The zero-order chi connectivity index (χ0) is 24.4. The first-order valence-corrected chi connectivity index (χ1v) is 10.7. The highest BCUT2D eigenvalue weighted by Gasteiger charge is 2.09. The number of alkyl halides is 2. The minimum absolute atomic E-state index is 0. The van der Waals surface area contributed by atoms with Crippen molar-refractivity contribution in [3.63, 3.8) is 0 Å². The van der Waals surface area contributed by atoms with Gasteiger partial charge in [0.05, 0.1) is 11.9 Å². The molecule has 0 saturated heterocycles. The quantitative estimate of drug-likeness (QED) is 0.420. The molecule has 0 aliphatic heterocycles. The smallest absolute Gasteiger partial charge is 0.137 e. The fourth-order valence-electron chi connectivity index (χ4n) is 3.42. The van der Waals surface area contributed by atoms with Crippen molar-refractivity contribution in [2.24, 2.45) is 0 Å². The van der Waals surface area contributed by atoms with E-state index >= 15 is 0 Å². The average Bonchev–Trinajstić information content (AvgIpc) is 3.00. The first-order chi connectivity index (χ1) is 15.0. The van der Waals surface area contributed by atoms with Crippen LogP contribution < -0.4 is 11.9 Å². The lowest BCUT2D eigenvalue weighted by Gasteiger charge is -2.12. The van der Waals surface area contributed by atoms with Gasteiger partial charge in [-0.1, -0.05) is 0 Å². The number of aryl methyl sites for hydroxylation is 4. The van der Waals surface area contributed by atoms with Gasteiger partial charge in [-0.2, -0.15) is 0 Å². The van der Waals surface area contributed by atoms with Crippen molar-refractivity contribution in [1.82, 2.24) is 20.7 Å². The van der Waals surface area contributed by atoms with Crippen molar-refractivity contribution in [3.8, 4) is 5.82 Å². The molecule has 3 rings (SSSR count). The second-order valence-corrected chi connectivity index (χ2v) is 7.98. The third-order valence-electron chi connectivity index (χ3n) is 4.53. The Labute approximate surface area is 200 Å². The van der Waals surface area contributed by atoms with Gasteiger partial charge in [-0.05, 0) is 89.1 Å². The van der Waals surface area contributed by atoms with E-state index in [9.17, 15) is 8.78 Å². The van der Waals surface area contributed by atoms with Crippen molar-refractivity contribution < 1.29 is 13.4 Å². The Morgan fingerprint density at radius 1 is 0.848 bits per heavy atom. The van der Waals surface area contributed by atoms with Crippen molar-refractivity contribution in [2.45, 2.75) is 66.7 Å². The van der Waals surface area contributed by atoms with Crippen LogP contribution in [0, 0.1) is 27.7 Å². The van der Waals surface area contributed by atoms with Gasteiger partial charge in [-0.3, -0.25) is 4.66 Å². The molecule has 0 radical (unpaired) electrons. The summed E-state index contributed by atoms with van der Waals surface area (Å²) in [6.45, 7) is 11.1. The van der Waals surface area contributed by atoms with Gasteiger partial charge in [0.15, 0.2) is 0 Å². The summed E-state index contributed by atoms with van der Waals surface area (Å²) in [7, 11) is 0. The lowest BCUT2D eigenvalue weighted by molar-refractivity contribution is 0.357. The number of rotatable bonds is 5. The molecule has 0 aliphatic rings. The van der Waals surface area contributed by atoms with Crippen molar-refractivity contribution in [2.75, 3.05) is 5.73 Å². The van der Waals surface area contributed by atoms with Crippen LogP contribution in [0.3, 0.4) is 0 Å². The van der Waals surface area contributed by atoms with Crippen LogP contribution in [-0.2, 0) is 12.8 Å². The summed E-state index contributed by atoms with van der Waals surface area (Å²) in [4.78, 5) is 8.57. The van der Waals surface area contributed by atoms with E-state index in [1.165, 1.54) is 6.92 Å². The minimum Gasteiger partial charge on any atom is -0.384 e. The number of nitrogens with zero attached hydrogens (tertiary/aromatic N) is 3. The number of anilines is 1. The maximum absolute atomic E-state index is 13.1. The van der Waals surface area contributed by atoms with Crippen LogP contribution in [0.2, 0.25) is 0 Å². The molecule has 0 aliphatic carbocycles. The van der Waals surface area contributed by atoms with E-state index < -0.39 is 12.3 Å². The highest BCUT2D eigenvalue weighted by molar-refractivity contribution is 6.04. The molecule has 0 aromatic carbocycles. The van der Waals surface area contributed by atoms with Crippen molar-refractivity contribution in [1.29, 1.82) is 0 Å². The monoisotopic (exact) mass is 483 g/mol. The van der Waals surface area contributed by atoms with Crippen LogP contribution in [0.15, 0.2) is 36.4 Å². The zero-order valence-corrected chi connectivity index (χ0v) is 21.0. The molecule has 2 atom stereocenters. The van der Waals surface area contributed by atoms with E-state index in [0.29, 0.717) is 18.7 Å². The Morgan fingerprint density at radius 2 is 1.27 bits per heavy atom. The molecule has 3 heterocycles. The molecule has 184 valence electrons. The molecule has 0 spiro atoms. The molecule has 9 heteroatoms. The van der Waals surface area contributed by atoms with E-state index in [1.807, 2.05) is 32.0 Å². The third kappa shape index (κ3) is 10.3. The zero-order valence-electron chi connectivity index (χ0n) is 20.2. The van der Waals surface area contributed by atoms with Crippen LogP contribution in [0.25, 0.3) is 5.82 Å². The summed E-state index contributed by atoms with van der Waals surface area (Å²) in [5.41, 5.74) is 11.5. The van der Waals surface area contributed by atoms with Gasteiger partial charge in [0.1, 0.15) is 24.0 Å². The number of pyridine rings is 2. The lowest BCUT2D eigenvalue weighted by atomic mass is 10.1. The predicted octanol–water partition coefficient (Wildman–Crippen LogP) is 5.87. The highest BCUT2D eigenvalue weighted by atomic mass is 35.5. The SMILES string of the molecule is Cc1cc(CC(C)F)nc(-n2c(C)ccc2C)c1.Cc1cc(N)nc(CC(C)F)c1.N.OCl. The molecule has 0 fully saturated rings. The number of hydrogen-bond acceptors (Lipinski definition) is 5. The maximum atomic E-state index is 13.1. The highest BCUT2D eigenvalue weighted by Crippen LogP contribution is 2.17. The van der Waals surface area contributed by atoms with Gasteiger partial charge in [0.2, 0.25) is 0 Å². The van der Waals surface area contributed by atoms with Gasteiger partial charge >= 0.3 is 0 Å². The molecule has 0 saturated carbocycles. The Kier molecular flexibility index (Phi) is 13.4. The number of hydrogen-bond donors (Lipinski definition) is 3. The topological polar surface area (TPSA) is 112 Å². The Morgan fingerprint density at radius 3 is 1.70 bits per heavy atom. The van der Waals surface area contributed by atoms with Crippen LogP contribution in [-0.4, -0.2) is 31.5 Å². The summed E-state index contributed by atoms with van der Waals surface area (Å²) >= 11 is 3.64. The fourth-order valence-corrected chi connectivity index (χ4v) is 3.42. The molecule has 3 aromatic heterocycles. The molecular weight excluding hydrogens is 448 g/mol. The van der Waals surface area contributed by atoms with Gasteiger partial charge in [0, 0.05) is 35.6 Å². The van der Waals surface area contributed by atoms with Gasteiger partial charge in [0.25, 0.3) is 0 Å². The average molecular weight is 484 g/mol. The van der Waals surface area contributed by atoms with Crippen LogP contribution in [0.4, 0.5) is 14.6 Å². The van der Waals surface area contributed by atoms with E-state index in [0.717, 1.165) is 39.7 Å². The van der Waals surface area contributed by atoms with Crippen molar-refractivity contribution in [3.05, 3.63) is 70.3 Å². The number of nitrogens with two attached hydrogens (primary N) is 1. The molecular formula is C24H36ClF2N5O. The third-order valence-corrected chi connectivity index (χ3v) is 4.53. The molecule has 0 amide bonds. The molecule has 6 N–H and O–H groups in total. The maximum Gasteiger partial charge on any atom is 0.137 e.